The van der Waals surface area contributed by atoms with Gasteiger partial charge in [0.15, 0.2) is 0 Å². The van der Waals surface area contributed by atoms with Crippen LogP contribution in [0.1, 0.15) is 24.0 Å². The molecule has 7 heteroatoms. The highest BCUT2D eigenvalue weighted by Gasteiger charge is 2.23. The molecule has 1 saturated heterocycles. The third kappa shape index (κ3) is 3.53. The number of amides is 1. The van der Waals surface area contributed by atoms with Gasteiger partial charge in [0, 0.05) is 24.3 Å². The Kier molecular flexibility index (Phi) is 4.91. The molecule has 0 aromatic heterocycles. The van der Waals surface area contributed by atoms with Crippen LogP contribution >= 0.6 is 0 Å². The first-order valence-corrected chi connectivity index (χ1v) is 9.88. The van der Waals surface area contributed by atoms with E-state index in [1.165, 1.54) is 13.2 Å². The monoisotopic (exact) mass is 374 g/mol. The van der Waals surface area contributed by atoms with Crippen LogP contribution in [0.3, 0.4) is 0 Å². The Morgan fingerprint density at radius 2 is 1.85 bits per heavy atom. The summed E-state index contributed by atoms with van der Waals surface area (Å²) in [6.45, 7) is 4.30. The molecule has 0 radical (unpaired) electrons. The summed E-state index contributed by atoms with van der Waals surface area (Å²) in [5.41, 5.74) is 2.75. The number of methoxy groups -OCH3 is 1. The van der Waals surface area contributed by atoms with Crippen molar-refractivity contribution < 1.29 is 17.9 Å². The lowest BCUT2D eigenvalue weighted by molar-refractivity contribution is -0.117. The molecule has 1 aliphatic rings. The molecule has 2 aromatic rings. The fourth-order valence-electron chi connectivity index (χ4n) is 3.19. The van der Waals surface area contributed by atoms with Gasteiger partial charge in [0.25, 0.3) is 10.0 Å². The van der Waals surface area contributed by atoms with Crippen molar-refractivity contribution in [1.29, 1.82) is 0 Å². The van der Waals surface area contributed by atoms with Crippen LogP contribution in [0.5, 0.6) is 5.75 Å². The minimum atomic E-state index is -3.71. The number of hydrogen-bond donors (Lipinski definition) is 1. The predicted molar refractivity (Wildman–Crippen MR) is 101 cm³/mol. The van der Waals surface area contributed by atoms with E-state index in [0.717, 1.165) is 17.7 Å². The van der Waals surface area contributed by atoms with E-state index in [2.05, 4.69) is 4.72 Å². The summed E-state index contributed by atoms with van der Waals surface area (Å²) in [5, 5.41) is 0. The SMILES string of the molecule is COc1ccc(S(=O)(=O)Nc2ccc(N3CCCC3=O)c(C)c2)c(C)c1. The molecule has 26 heavy (non-hydrogen) atoms. The van der Waals surface area contributed by atoms with E-state index in [0.29, 0.717) is 30.0 Å². The zero-order valence-corrected chi connectivity index (χ0v) is 15.9. The summed E-state index contributed by atoms with van der Waals surface area (Å²) in [4.78, 5) is 13.9. The Hall–Kier alpha value is -2.54. The van der Waals surface area contributed by atoms with Crippen LogP contribution in [0.4, 0.5) is 11.4 Å². The number of sulfonamides is 1. The average molecular weight is 374 g/mol. The molecule has 138 valence electrons. The molecule has 2 aromatic carbocycles. The van der Waals surface area contributed by atoms with Crippen LogP contribution in [0.15, 0.2) is 41.3 Å². The minimum absolute atomic E-state index is 0.107. The van der Waals surface area contributed by atoms with Gasteiger partial charge >= 0.3 is 0 Å². The van der Waals surface area contributed by atoms with E-state index in [-0.39, 0.29) is 10.8 Å². The summed E-state index contributed by atoms with van der Waals surface area (Å²) in [6, 6.07) is 10.1. The standard InChI is InChI=1S/C19H22N2O4S/c1-13-11-15(6-8-17(13)21-10-4-5-19(21)22)20-26(23,24)18-9-7-16(25-3)12-14(18)2/h6-9,11-12,20H,4-5,10H2,1-3H3. The quantitative estimate of drug-likeness (QED) is 0.872. The lowest BCUT2D eigenvalue weighted by Crippen LogP contribution is -2.24. The van der Waals surface area contributed by atoms with E-state index in [4.69, 9.17) is 4.74 Å². The van der Waals surface area contributed by atoms with Crippen LogP contribution in [0.25, 0.3) is 0 Å². The number of hydrogen-bond acceptors (Lipinski definition) is 4. The number of ether oxygens (including phenoxy) is 1. The topological polar surface area (TPSA) is 75.7 Å². The van der Waals surface area contributed by atoms with Gasteiger partial charge < -0.3 is 9.64 Å². The van der Waals surface area contributed by atoms with Crippen LogP contribution in [0.2, 0.25) is 0 Å². The van der Waals surface area contributed by atoms with Gasteiger partial charge in [-0.2, -0.15) is 0 Å². The Balaban J connectivity index is 1.86. The molecule has 0 spiro atoms. The summed E-state index contributed by atoms with van der Waals surface area (Å²) >= 11 is 0. The summed E-state index contributed by atoms with van der Waals surface area (Å²) < 4.78 is 33.2. The lowest BCUT2D eigenvalue weighted by Gasteiger charge is -2.19. The van der Waals surface area contributed by atoms with Crippen LogP contribution < -0.4 is 14.4 Å². The average Bonchev–Trinajstić information content (AvgIpc) is 3.00. The van der Waals surface area contributed by atoms with Crippen molar-refractivity contribution in [1.82, 2.24) is 0 Å². The highest BCUT2D eigenvalue weighted by atomic mass is 32.2. The molecule has 0 atom stereocenters. The number of anilines is 2. The van der Waals surface area contributed by atoms with Crippen LogP contribution in [0, 0.1) is 13.8 Å². The van der Waals surface area contributed by atoms with E-state index < -0.39 is 10.0 Å². The van der Waals surface area contributed by atoms with Gasteiger partial charge in [0.2, 0.25) is 5.91 Å². The lowest BCUT2D eigenvalue weighted by atomic mass is 10.1. The predicted octanol–water partition coefficient (Wildman–Crippen LogP) is 3.24. The van der Waals surface area contributed by atoms with Gasteiger partial charge in [0.1, 0.15) is 5.75 Å². The number of carbonyl (C=O) groups excluding carboxylic acids is 1. The molecule has 1 fully saturated rings. The van der Waals surface area contributed by atoms with Crippen molar-refractivity contribution >= 4 is 27.3 Å². The van der Waals surface area contributed by atoms with Crippen molar-refractivity contribution in [3.8, 4) is 5.75 Å². The number of carbonyl (C=O) groups is 1. The maximum atomic E-state index is 12.7. The van der Waals surface area contributed by atoms with E-state index >= 15 is 0 Å². The molecule has 1 N–H and O–H groups in total. The van der Waals surface area contributed by atoms with E-state index in [1.54, 1.807) is 42.2 Å². The van der Waals surface area contributed by atoms with Crippen molar-refractivity contribution in [3.63, 3.8) is 0 Å². The number of benzene rings is 2. The third-order valence-corrected chi connectivity index (χ3v) is 6.03. The summed E-state index contributed by atoms with van der Waals surface area (Å²) in [6.07, 6.45) is 1.41. The molecule has 0 saturated carbocycles. The molecule has 1 amide bonds. The maximum Gasteiger partial charge on any atom is 0.262 e. The van der Waals surface area contributed by atoms with Gasteiger partial charge in [-0.05, 0) is 67.8 Å². The second-order valence-corrected chi connectivity index (χ2v) is 8.04. The number of rotatable bonds is 5. The highest BCUT2D eigenvalue weighted by molar-refractivity contribution is 7.92. The molecule has 1 heterocycles. The minimum Gasteiger partial charge on any atom is -0.497 e. The molecule has 1 aliphatic heterocycles. The normalized spacial score (nSPS) is 14.6. The fourth-order valence-corrected chi connectivity index (χ4v) is 4.46. The first kappa shape index (κ1) is 18.3. The molecule has 6 nitrogen and oxygen atoms in total. The molecule has 0 aliphatic carbocycles. The van der Waals surface area contributed by atoms with Gasteiger partial charge in [-0.1, -0.05) is 0 Å². The molecule has 0 bridgehead atoms. The number of nitrogens with zero attached hydrogens (tertiary/aromatic N) is 1. The second-order valence-electron chi connectivity index (χ2n) is 6.39. The Morgan fingerprint density at radius 3 is 2.42 bits per heavy atom. The molecule has 0 unspecified atom stereocenters. The fraction of sp³-hybridized carbons (Fsp3) is 0.316. The van der Waals surface area contributed by atoms with Gasteiger partial charge in [-0.15, -0.1) is 0 Å². The molecular formula is C19H22N2O4S. The summed E-state index contributed by atoms with van der Waals surface area (Å²) in [5.74, 6) is 0.715. The van der Waals surface area contributed by atoms with E-state index in [1.807, 2.05) is 6.92 Å². The van der Waals surface area contributed by atoms with Crippen LogP contribution in [-0.4, -0.2) is 28.0 Å². The van der Waals surface area contributed by atoms with Gasteiger partial charge in [0.05, 0.1) is 12.0 Å². The Morgan fingerprint density at radius 1 is 1.08 bits per heavy atom. The smallest absolute Gasteiger partial charge is 0.262 e. The van der Waals surface area contributed by atoms with E-state index in [9.17, 15) is 13.2 Å². The van der Waals surface area contributed by atoms with Crippen molar-refractivity contribution in [3.05, 3.63) is 47.5 Å². The number of aryl methyl sites for hydroxylation is 2. The highest BCUT2D eigenvalue weighted by Crippen LogP contribution is 2.29. The maximum absolute atomic E-state index is 12.7. The van der Waals surface area contributed by atoms with Crippen molar-refractivity contribution in [2.24, 2.45) is 0 Å². The zero-order valence-electron chi connectivity index (χ0n) is 15.1. The van der Waals surface area contributed by atoms with Crippen LogP contribution in [-0.2, 0) is 14.8 Å². The Labute approximate surface area is 153 Å². The first-order valence-electron chi connectivity index (χ1n) is 8.40. The third-order valence-electron chi connectivity index (χ3n) is 4.48. The second kappa shape index (κ2) is 6.99. The largest absolute Gasteiger partial charge is 0.497 e. The first-order chi connectivity index (χ1) is 12.3. The molecule has 3 rings (SSSR count). The van der Waals surface area contributed by atoms with Gasteiger partial charge in [-0.3, -0.25) is 9.52 Å². The number of nitrogens with one attached hydrogen (secondary N) is 1. The van der Waals surface area contributed by atoms with Crippen molar-refractivity contribution in [2.75, 3.05) is 23.3 Å². The molecular weight excluding hydrogens is 352 g/mol. The van der Waals surface area contributed by atoms with Crippen molar-refractivity contribution in [2.45, 2.75) is 31.6 Å². The summed E-state index contributed by atoms with van der Waals surface area (Å²) in [7, 11) is -2.18. The van der Waals surface area contributed by atoms with Gasteiger partial charge in [-0.25, -0.2) is 8.42 Å². The zero-order chi connectivity index (χ0) is 18.9. The Bertz CT molecular complexity index is 954.